The van der Waals surface area contributed by atoms with Gasteiger partial charge in [0.25, 0.3) is 0 Å². The molecule has 1 aromatic carbocycles. The number of nitrogens with zero attached hydrogens (tertiary/aromatic N) is 1. The van der Waals surface area contributed by atoms with Crippen LogP contribution < -0.4 is 4.90 Å². The molecule has 0 aromatic heterocycles. The highest BCUT2D eigenvalue weighted by Crippen LogP contribution is 2.13. The Bertz CT molecular complexity index is 282. The fraction of sp³-hybridized carbons (Fsp3) is 0.417. The van der Waals surface area contributed by atoms with E-state index in [0.717, 1.165) is 11.4 Å². The highest BCUT2D eigenvalue weighted by molar-refractivity contribution is 7.80. The van der Waals surface area contributed by atoms with Crippen LogP contribution in [0.15, 0.2) is 30.3 Å². The summed E-state index contributed by atoms with van der Waals surface area (Å²) in [6, 6.07) is 10.3. The number of thiocarbonyl (C=S) groups is 1. The van der Waals surface area contributed by atoms with Crippen LogP contribution in [-0.4, -0.2) is 12.0 Å². The van der Waals surface area contributed by atoms with E-state index in [1.807, 2.05) is 25.2 Å². The van der Waals surface area contributed by atoms with Crippen molar-refractivity contribution in [3.8, 4) is 0 Å². The van der Waals surface area contributed by atoms with Crippen molar-refractivity contribution in [2.45, 2.75) is 26.2 Å². The zero-order valence-electron chi connectivity index (χ0n) is 8.86. The van der Waals surface area contributed by atoms with Gasteiger partial charge in [0.1, 0.15) is 0 Å². The Labute approximate surface area is 91.7 Å². The molecule has 0 bridgehead atoms. The van der Waals surface area contributed by atoms with Gasteiger partial charge in [-0.15, -0.1) is 0 Å². The number of hydrogen-bond acceptors (Lipinski definition) is 1. The van der Waals surface area contributed by atoms with E-state index in [9.17, 15) is 0 Å². The van der Waals surface area contributed by atoms with Crippen LogP contribution in [-0.2, 0) is 0 Å². The summed E-state index contributed by atoms with van der Waals surface area (Å²) in [5.41, 5.74) is 1.17. The van der Waals surface area contributed by atoms with Crippen LogP contribution in [0.4, 0.5) is 5.69 Å². The van der Waals surface area contributed by atoms with Gasteiger partial charge >= 0.3 is 0 Å². The van der Waals surface area contributed by atoms with Gasteiger partial charge in [-0.3, -0.25) is 0 Å². The minimum absolute atomic E-state index is 1.01. The smallest absolute Gasteiger partial charge is 0.0821 e. The second kappa shape index (κ2) is 5.76. The molecule has 0 aliphatic carbocycles. The van der Waals surface area contributed by atoms with E-state index in [-0.39, 0.29) is 0 Å². The first kappa shape index (κ1) is 11.2. The lowest BCUT2D eigenvalue weighted by Crippen LogP contribution is -2.23. The van der Waals surface area contributed by atoms with E-state index in [1.165, 1.54) is 18.5 Å². The molecular formula is C12H17NS. The Hall–Kier alpha value is -0.890. The summed E-state index contributed by atoms with van der Waals surface area (Å²) < 4.78 is 0. The molecule has 0 N–H and O–H groups in total. The van der Waals surface area contributed by atoms with E-state index in [2.05, 4.69) is 24.0 Å². The fourth-order valence-electron chi connectivity index (χ4n) is 1.29. The van der Waals surface area contributed by atoms with Gasteiger partial charge in [-0.25, -0.2) is 0 Å². The van der Waals surface area contributed by atoms with Crippen LogP contribution in [0.25, 0.3) is 0 Å². The second-order valence-electron chi connectivity index (χ2n) is 3.39. The van der Waals surface area contributed by atoms with E-state index >= 15 is 0 Å². The molecule has 1 aromatic rings. The van der Waals surface area contributed by atoms with Crippen molar-refractivity contribution in [1.29, 1.82) is 0 Å². The van der Waals surface area contributed by atoms with E-state index < -0.39 is 0 Å². The zero-order chi connectivity index (χ0) is 10.4. The van der Waals surface area contributed by atoms with Gasteiger partial charge in [-0.1, -0.05) is 43.8 Å². The maximum absolute atomic E-state index is 5.35. The normalized spacial score (nSPS) is 9.86. The van der Waals surface area contributed by atoms with Crippen LogP contribution in [0.3, 0.4) is 0 Å². The molecule has 0 unspecified atom stereocenters. The Morgan fingerprint density at radius 1 is 1.29 bits per heavy atom. The molecule has 14 heavy (non-hydrogen) atoms. The lowest BCUT2D eigenvalue weighted by Gasteiger charge is -2.19. The van der Waals surface area contributed by atoms with Crippen LogP contribution >= 0.6 is 12.2 Å². The largest absolute Gasteiger partial charge is 0.339 e. The maximum atomic E-state index is 5.35. The molecule has 0 spiro atoms. The second-order valence-corrected chi connectivity index (χ2v) is 3.86. The van der Waals surface area contributed by atoms with Crippen molar-refractivity contribution in [2.75, 3.05) is 11.9 Å². The Balaban J connectivity index is 2.57. The summed E-state index contributed by atoms with van der Waals surface area (Å²) in [4.78, 5) is 3.11. The molecule has 76 valence electrons. The minimum atomic E-state index is 1.01. The first-order chi connectivity index (χ1) is 6.75. The SMILES string of the molecule is CCCCC(=S)N(C)c1ccccc1. The molecule has 0 saturated carbocycles. The van der Waals surface area contributed by atoms with Gasteiger partial charge in [-0.05, 0) is 25.0 Å². The third kappa shape index (κ3) is 3.11. The van der Waals surface area contributed by atoms with Gasteiger partial charge in [0.15, 0.2) is 0 Å². The molecule has 0 aliphatic heterocycles. The first-order valence-electron chi connectivity index (χ1n) is 5.07. The minimum Gasteiger partial charge on any atom is -0.339 e. The Kier molecular flexibility index (Phi) is 4.60. The highest BCUT2D eigenvalue weighted by atomic mass is 32.1. The number of rotatable bonds is 4. The predicted molar refractivity (Wildman–Crippen MR) is 67.0 cm³/mol. The van der Waals surface area contributed by atoms with Crippen molar-refractivity contribution in [1.82, 2.24) is 0 Å². The van der Waals surface area contributed by atoms with Crippen LogP contribution in [0, 0.1) is 0 Å². The van der Waals surface area contributed by atoms with Crippen LogP contribution in [0.5, 0.6) is 0 Å². The third-order valence-corrected chi connectivity index (χ3v) is 2.74. The number of benzene rings is 1. The number of anilines is 1. The molecule has 0 fully saturated rings. The fourth-order valence-corrected chi connectivity index (χ4v) is 1.54. The van der Waals surface area contributed by atoms with E-state index in [0.29, 0.717) is 0 Å². The molecule has 1 rings (SSSR count). The van der Waals surface area contributed by atoms with Crippen molar-refractivity contribution >= 4 is 22.9 Å². The molecule has 0 aliphatic rings. The molecule has 0 atom stereocenters. The van der Waals surface area contributed by atoms with Gasteiger partial charge in [-0.2, -0.15) is 0 Å². The van der Waals surface area contributed by atoms with E-state index in [1.54, 1.807) is 0 Å². The molecular weight excluding hydrogens is 190 g/mol. The van der Waals surface area contributed by atoms with Gasteiger partial charge in [0.2, 0.25) is 0 Å². The average Bonchev–Trinajstić information content (AvgIpc) is 2.26. The summed E-state index contributed by atoms with van der Waals surface area (Å²) in [7, 11) is 2.04. The molecule has 0 amide bonds. The van der Waals surface area contributed by atoms with Gasteiger partial charge < -0.3 is 4.90 Å². The third-order valence-electron chi connectivity index (χ3n) is 2.26. The van der Waals surface area contributed by atoms with Gasteiger partial charge in [0.05, 0.1) is 4.99 Å². The van der Waals surface area contributed by atoms with Crippen molar-refractivity contribution in [2.24, 2.45) is 0 Å². The summed E-state index contributed by atoms with van der Waals surface area (Å²) in [6.45, 7) is 2.19. The van der Waals surface area contributed by atoms with Crippen molar-refractivity contribution in [3.63, 3.8) is 0 Å². The van der Waals surface area contributed by atoms with Crippen molar-refractivity contribution < 1.29 is 0 Å². The molecule has 2 heteroatoms. The topological polar surface area (TPSA) is 3.24 Å². The number of para-hydroxylation sites is 1. The van der Waals surface area contributed by atoms with E-state index in [4.69, 9.17) is 12.2 Å². The summed E-state index contributed by atoms with van der Waals surface area (Å²) in [6.07, 6.45) is 3.38. The quantitative estimate of drug-likeness (QED) is 0.693. The van der Waals surface area contributed by atoms with Crippen LogP contribution in [0.2, 0.25) is 0 Å². The summed E-state index contributed by atoms with van der Waals surface area (Å²) >= 11 is 5.35. The summed E-state index contributed by atoms with van der Waals surface area (Å²) in [5.74, 6) is 0. The maximum Gasteiger partial charge on any atom is 0.0821 e. The molecule has 0 saturated heterocycles. The lowest BCUT2D eigenvalue weighted by atomic mass is 10.2. The monoisotopic (exact) mass is 207 g/mol. The number of unbranched alkanes of at least 4 members (excludes halogenated alkanes) is 1. The Morgan fingerprint density at radius 2 is 1.93 bits per heavy atom. The first-order valence-corrected chi connectivity index (χ1v) is 5.48. The summed E-state index contributed by atoms with van der Waals surface area (Å²) in [5, 5.41) is 0. The van der Waals surface area contributed by atoms with Gasteiger partial charge in [0, 0.05) is 12.7 Å². The molecule has 0 heterocycles. The number of hydrogen-bond donors (Lipinski definition) is 0. The average molecular weight is 207 g/mol. The Morgan fingerprint density at radius 3 is 2.50 bits per heavy atom. The zero-order valence-corrected chi connectivity index (χ0v) is 9.68. The highest BCUT2D eigenvalue weighted by Gasteiger charge is 2.04. The lowest BCUT2D eigenvalue weighted by molar-refractivity contribution is 0.833. The van der Waals surface area contributed by atoms with Crippen LogP contribution in [0.1, 0.15) is 26.2 Å². The molecule has 1 nitrogen and oxygen atoms in total. The van der Waals surface area contributed by atoms with Crippen molar-refractivity contribution in [3.05, 3.63) is 30.3 Å². The standard InChI is InChI=1S/C12H17NS/c1-3-4-10-12(14)13(2)11-8-6-5-7-9-11/h5-9H,3-4,10H2,1-2H3. The molecule has 0 radical (unpaired) electrons. The predicted octanol–water partition coefficient (Wildman–Crippen LogP) is 3.64.